The molecule has 0 aromatic rings. The van der Waals surface area contributed by atoms with Crippen LogP contribution in [0, 0.1) is 5.92 Å². The molecule has 78 valence electrons. The summed E-state index contributed by atoms with van der Waals surface area (Å²) in [7, 11) is 0. The average molecular weight is 187 g/mol. The lowest BCUT2D eigenvalue weighted by molar-refractivity contribution is -0.145. The SMILES string of the molecule is CCOC(=O)[C@H](C)NCCC(C)C. The summed E-state index contributed by atoms with van der Waals surface area (Å²) in [5, 5.41) is 3.12. The van der Waals surface area contributed by atoms with Gasteiger partial charge in [0.2, 0.25) is 0 Å². The fraction of sp³-hybridized carbons (Fsp3) is 0.900. The molecule has 0 heterocycles. The highest BCUT2D eigenvalue weighted by Crippen LogP contribution is 1.97. The first-order chi connectivity index (χ1) is 6.07. The minimum Gasteiger partial charge on any atom is -0.465 e. The van der Waals surface area contributed by atoms with Crippen molar-refractivity contribution in [3.05, 3.63) is 0 Å². The van der Waals surface area contributed by atoms with Crippen molar-refractivity contribution in [2.75, 3.05) is 13.2 Å². The summed E-state index contributed by atoms with van der Waals surface area (Å²) in [5.41, 5.74) is 0. The van der Waals surface area contributed by atoms with Gasteiger partial charge in [-0.05, 0) is 32.7 Å². The second-order valence-electron chi connectivity index (χ2n) is 3.61. The number of rotatable bonds is 6. The maximum Gasteiger partial charge on any atom is 0.322 e. The monoisotopic (exact) mass is 187 g/mol. The number of hydrogen-bond acceptors (Lipinski definition) is 3. The smallest absolute Gasteiger partial charge is 0.322 e. The number of esters is 1. The molecular formula is C10H21NO2. The Morgan fingerprint density at radius 1 is 1.38 bits per heavy atom. The molecule has 0 aliphatic heterocycles. The molecule has 0 aromatic carbocycles. The van der Waals surface area contributed by atoms with E-state index in [2.05, 4.69) is 19.2 Å². The summed E-state index contributed by atoms with van der Waals surface area (Å²) >= 11 is 0. The van der Waals surface area contributed by atoms with Crippen LogP contribution in [0.25, 0.3) is 0 Å². The molecule has 0 fully saturated rings. The lowest BCUT2D eigenvalue weighted by Crippen LogP contribution is -2.36. The maximum absolute atomic E-state index is 11.1. The Labute approximate surface area is 80.8 Å². The van der Waals surface area contributed by atoms with Crippen molar-refractivity contribution in [3.8, 4) is 0 Å². The molecule has 0 spiro atoms. The molecule has 0 radical (unpaired) electrons. The molecule has 0 aliphatic carbocycles. The predicted molar refractivity (Wildman–Crippen MR) is 53.6 cm³/mol. The van der Waals surface area contributed by atoms with E-state index in [1.807, 2.05) is 13.8 Å². The molecule has 0 unspecified atom stereocenters. The summed E-state index contributed by atoms with van der Waals surface area (Å²) in [5.74, 6) is 0.508. The van der Waals surface area contributed by atoms with E-state index in [0.29, 0.717) is 12.5 Å². The van der Waals surface area contributed by atoms with Gasteiger partial charge >= 0.3 is 5.97 Å². The first-order valence-corrected chi connectivity index (χ1v) is 4.98. The number of carbonyl (C=O) groups is 1. The first-order valence-electron chi connectivity index (χ1n) is 4.98. The molecule has 0 aromatic heterocycles. The summed E-state index contributed by atoms with van der Waals surface area (Å²) in [4.78, 5) is 11.1. The number of carbonyl (C=O) groups excluding carboxylic acids is 1. The zero-order chi connectivity index (χ0) is 10.3. The third-order valence-corrected chi connectivity index (χ3v) is 1.81. The van der Waals surface area contributed by atoms with Gasteiger partial charge in [0.25, 0.3) is 0 Å². The summed E-state index contributed by atoms with van der Waals surface area (Å²) in [6.07, 6.45) is 1.09. The van der Waals surface area contributed by atoms with Crippen LogP contribution in [0.1, 0.15) is 34.1 Å². The zero-order valence-electron chi connectivity index (χ0n) is 9.09. The summed E-state index contributed by atoms with van der Waals surface area (Å²) in [6.45, 7) is 9.30. The topological polar surface area (TPSA) is 38.3 Å². The molecule has 3 nitrogen and oxygen atoms in total. The largest absolute Gasteiger partial charge is 0.465 e. The van der Waals surface area contributed by atoms with Gasteiger partial charge < -0.3 is 10.1 Å². The van der Waals surface area contributed by atoms with Crippen LogP contribution in [0.2, 0.25) is 0 Å². The predicted octanol–water partition coefficient (Wildman–Crippen LogP) is 1.57. The van der Waals surface area contributed by atoms with Crippen molar-refractivity contribution < 1.29 is 9.53 Å². The van der Waals surface area contributed by atoms with Gasteiger partial charge in [-0.25, -0.2) is 0 Å². The normalized spacial score (nSPS) is 13.0. The number of nitrogens with one attached hydrogen (secondary N) is 1. The highest BCUT2D eigenvalue weighted by atomic mass is 16.5. The second kappa shape index (κ2) is 6.89. The van der Waals surface area contributed by atoms with Crippen molar-refractivity contribution in [1.82, 2.24) is 5.32 Å². The van der Waals surface area contributed by atoms with Crippen LogP contribution in [0.5, 0.6) is 0 Å². The molecule has 0 saturated carbocycles. The zero-order valence-corrected chi connectivity index (χ0v) is 9.09. The number of ether oxygens (including phenoxy) is 1. The molecule has 1 N–H and O–H groups in total. The Kier molecular flexibility index (Phi) is 6.59. The van der Waals surface area contributed by atoms with E-state index >= 15 is 0 Å². The lowest BCUT2D eigenvalue weighted by Gasteiger charge is -2.13. The van der Waals surface area contributed by atoms with Crippen LogP contribution in [0.3, 0.4) is 0 Å². The lowest BCUT2D eigenvalue weighted by atomic mass is 10.1. The quantitative estimate of drug-likeness (QED) is 0.641. The van der Waals surface area contributed by atoms with Crippen molar-refractivity contribution in [1.29, 1.82) is 0 Å². The Balaban J connectivity index is 3.49. The molecule has 1 atom stereocenters. The molecule has 3 heteroatoms. The third-order valence-electron chi connectivity index (χ3n) is 1.81. The number of hydrogen-bond donors (Lipinski definition) is 1. The van der Waals surface area contributed by atoms with E-state index in [9.17, 15) is 4.79 Å². The Hall–Kier alpha value is -0.570. The third kappa shape index (κ3) is 6.58. The van der Waals surface area contributed by atoms with E-state index in [-0.39, 0.29) is 12.0 Å². The molecule has 0 aliphatic rings. The van der Waals surface area contributed by atoms with Crippen LogP contribution in [-0.4, -0.2) is 25.2 Å². The maximum atomic E-state index is 11.1. The van der Waals surface area contributed by atoms with Gasteiger partial charge in [0, 0.05) is 0 Å². The summed E-state index contributed by atoms with van der Waals surface area (Å²) in [6, 6.07) is -0.182. The Morgan fingerprint density at radius 3 is 2.46 bits per heavy atom. The van der Waals surface area contributed by atoms with Gasteiger partial charge in [-0.3, -0.25) is 4.79 Å². The minimum absolute atomic E-state index is 0.161. The Bertz CT molecular complexity index is 146. The van der Waals surface area contributed by atoms with E-state index in [1.165, 1.54) is 0 Å². The van der Waals surface area contributed by atoms with E-state index < -0.39 is 0 Å². The van der Waals surface area contributed by atoms with Gasteiger partial charge in [-0.15, -0.1) is 0 Å². The first kappa shape index (κ1) is 12.4. The average Bonchev–Trinajstić information content (AvgIpc) is 2.04. The van der Waals surface area contributed by atoms with Gasteiger partial charge in [0.05, 0.1) is 6.61 Å². The van der Waals surface area contributed by atoms with Gasteiger partial charge in [-0.2, -0.15) is 0 Å². The molecule has 13 heavy (non-hydrogen) atoms. The van der Waals surface area contributed by atoms with Crippen molar-refractivity contribution in [3.63, 3.8) is 0 Å². The molecule has 0 amide bonds. The highest BCUT2D eigenvalue weighted by molar-refractivity contribution is 5.75. The molecule has 0 rings (SSSR count). The van der Waals surface area contributed by atoms with E-state index in [0.717, 1.165) is 13.0 Å². The highest BCUT2D eigenvalue weighted by Gasteiger charge is 2.12. The second-order valence-corrected chi connectivity index (χ2v) is 3.61. The van der Waals surface area contributed by atoms with Gasteiger partial charge in [0.1, 0.15) is 6.04 Å². The fourth-order valence-corrected chi connectivity index (χ4v) is 0.939. The van der Waals surface area contributed by atoms with E-state index in [1.54, 1.807) is 0 Å². The molecule has 0 saturated heterocycles. The van der Waals surface area contributed by atoms with Crippen LogP contribution >= 0.6 is 0 Å². The van der Waals surface area contributed by atoms with Crippen molar-refractivity contribution in [2.24, 2.45) is 5.92 Å². The van der Waals surface area contributed by atoms with Crippen LogP contribution in [-0.2, 0) is 9.53 Å². The van der Waals surface area contributed by atoms with Crippen molar-refractivity contribution >= 4 is 5.97 Å². The summed E-state index contributed by atoms with van der Waals surface area (Å²) < 4.78 is 4.86. The van der Waals surface area contributed by atoms with E-state index in [4.69, 9.17) is 4.74 Å². The fourth-order valence-electron chi connectivity index (χ4n) is 0.939. The van der Waals surface area contributed by atoms with Gasteiger partial charge in [0.15, 0.2) is 0 Å². The Morgan fingerprint density at radius 2 is 2.00 bits per heavy atom. The van der Waals surface area contributed by atoms with Gasteiger partial charge in [-0.1, -0.05) is 13.8 Å². The van der Waals surface area contributed by atoms with Crippen molar-refractivity contribution in [2.45, 2.75) is 40.2 Å². The molecular weight excluding hydrogens is 166 g/mol. The van der Waals surface area contributed by atoms with Crippen LogP contribution < -0.4 is 5.32 Å². The molecule has 0 bridgehead atoms. The van der Waals surface area contributed by atoms with Crippen LogP contribution in [0.15, 0.2) is 0 Å². The van der Waals surface area contributed by atoms with Crippen LogP contribution in [0.4, 0.5) is 0 Å². The minimum atomic E-state index is -0.182. The standard InChI is InChI=1S/C10H21NO2/c1-5-13-10(12)9(4)11-7-6-8(2)3/h8-9,11H,5-7H2,1-4H3/t9-/m0/s1.